The Hall–Kier alpha value is -2.20. The molecule has 0 aromatic heterocycles. The second-order valence-corrected chi connectivity index (χ2v) is 6.14. The van der Waals surface area contributed by atoms with E-state index in [0.29, 0.717) is 12.5 Å². The minimum Gasteiger partial charge on any atom is -0.480 e. The van der Waals surface area contributed by atoms with Gasteiger partial charge in [-0.3, -0.25) is 29.0 Å². The minimum absolute atomic E-state index is 0.0190. The molecule has 1 amide bonds. The molecule has 0 heterocycles. The summed E-state index contributed by atoms with van der Waals surface area (Å²) in [5.74, 6) is -3.39. The molecule has 10 nitrogen and oxygen atoms in total. The third-order valence-electron chi connectivity index (χ3n) is 3.22. The van der Waals surface area contributed by atoms with Gasteiger partial charge in [0, 0.05) is 19.6 Å². The summed E-state index contributed by atoms with van der Waals surface area (Å²) in [6.45, 7) is 3.09. The summed E-state index contributed by atoms with van der Waals surface area (Å²) in [5, 5.41) is 29.2. The third-order valence-corrected chi connectivity index (χ3v) is 3.22. The summed E-state index contributed by atoms with van der Waals surface area (Å²) >= 11 is 0. The fraction of sp³-hybridized carbons (Fsp3) is 0.733. The van der Waals surface area contributed by atoms with Gasteiger partial charge in [-0.2, -0.15) is 0 Å². The summed E-state index contributed by atoms with van der Waals surface area (Å²) in [5.41, 5.74) is 0. The number of carboxylic acids is 3. The van der Waals surface area contributed by atoms with Crippen LogP contribution in [0, 0.1) is 5.92 Å². The Bertz CT molecular complexity index is 452. The van der Waals surface area contributed by atoms with E-state index in [1.165, 1.54) is 4.90 Å². The number of nitrogens with zero attached hydrogens (tertiary/aromatic N) is 2. The second-order valence-electron chi connectivity index (χ2n) is 6.14. The third kappa shape index (κ3) is 13.9. The molecule has 0 radical (unpaired) electrons. The lowest BCUT2D eigenvalue weighted by Crippen LogP contribution is -2.45. The fourth-order valence-corrected chi connectivity index (χ4v) is 2.04. The zero-order chi connectivity index (χ0) is 19.4. The lowest BCUT2D eigenvalue weighted by atomic mass is 10.1. The first-order valence-electron chi connectivity index (χ1n) is 7.97. The maximum absolute atomic E-state index is 11.9. The van der Waals surface area contributed by atoms with Crippen molar-refractivity contribution in [2.45, 2.75) is 20.3 Å². The van der Waals surface area contributed by atoms with E-state index in [9.17, 15) is 19.2 Å². The van der Waals surface area contributed by atoms with Crippen molar-refractivity contribution in [3.05, 3.63) is 0 Å². The molecule has 25 heavy (non-hydrogen) atoms. The SMILES string of the molecule is CC(C)CCNC(=O)CN(CCN(CC(=O)O)CC(=O)O)CC(=O)O. The lowest BCUT2D eigenvalue weighted by molar-refractivity contribution is -0.143. The average molecular weight is 361 g/mol. The van der Waals surface area contributed by atoms with E-state index in [4.69, 9.17) is 15.3 Å². The zero-order valence-electron chi connectivity index (χ0n) is 14.6. The van der Waals surface area contributed by atoms with Crippen LogP contribution in [0.25, 0.3) is 0 Å². The predicted molar refractivity (Wildman–Crippen MR) is 88.3 cm³/mol. The maximum Gasteiger partial charge on any atom is 0.317 e. The van der Waals surface area contributed by atoms with Crippen molar-refractivity contribution in [3.8, 4) is 0 Å². The summed E-state index contributed by atoms with van der Waals surface area (Å²) in [4.78, 5) is 46.8. The molecule has 0 aliphatic carbocycles. The highest BCUT2D eigenvalue weighted by Gasteiger charge is 2.18. The summed E-state index contributed by atoms with van der Waals surface area (Å²) < 4.78 is 0. The van der Waals surface area contributed by atoms with E-state index in [1.54, 1.807) is 0 Å². The molecule has 0 rings (SSSR count). The molecule has 0 fully saturated rings. The van der Waals surface area contributed by atoms with Gasteiger partial charge in [0.15, 0.2) is 0 Å². The first kappa shape index (κ1) is 22.8. The van der Waals surface area contributed by atoms with Crippen molar-refractivity contribution in [1.82, 2.24) is 15.1 Å². The smallest absolute Gasteiger partial charge is 0.317 e. The van der Waals surface area contributed by atoms with Crippen LogP contribution >= 0.6 is 0 Å². The van der Waals surface area contributed by atoms with Gasteiger partial charge in [-0.15, -0.1) is 0 Å². The molecule has 0 aliphatic heterocycles. The molecule has 0 aromatic rings. The quantitative estimate of drug-likeness (QED) is 0.306. The van der Waals surface area contributed by atoms with Crippen molar-refractivity contribution >= 4 is 23.8 Å². The van der Waals surface area contributed by atoms with Crippen molar-refractivity contribution in [2.24, 2.45) is 5.92 Å². The van der Waals surface area contributed by atoms with Gasteiger partial charge >= 0.3 is 17.9 Å². The molecule has 10 heteroatoms. The highest BCUT2D eigenvalue weighted by atomic mass is 16.4. The predicted octanol–water partition coefficient (Wildman–Crippen LogP) is -0.993. The number of rotatable bonds is 14. The topological polar surface area (TPSA) is 147 Å². The number of hydrogen-bond acceptors (Lipinski definition) is 6. The molecule has 0 aromatic carbocycles. The molecule has 144 valence electrons. The lowest BCUT2D eigenvalue weighted by Gasteiger charge is -2.24. The fourth-order valence-electron chi connectivity index (χ4n) is 2.04. The molecule has 0 saturated carbocycles. The Labute approximate surface area is 146 Å². The van der Waals surface area contributed by atoms with E-state index < -0.39 is 37.5 Å². The number of carbonyl (C=O) groups excluding carboxylic acids is 1. The standard InChI is InChI=1S/C15H27N3O7/c1-11(2)3-4-16-12(19)7-17(8-13(20)21)5-6-18(9-14(22)23)10-15(24)25/h11H,3-10H2,1-2H3,(H,16,19)(H,20,21)(H,22,23)(H,24,25). The van der Waals surface area contributed by atoms with Crippen LogP contribution in [0.2, 0.25) is 0 Å². The number of carboxylic acid groups (broad SMARTS) is 3. The van der Waals surface area contributed by atoms with Crippen LogP contribution in [0.1, 0.15) is 20.3 Å². The molecule has 4 N–H and O–H groups in total. The number of aliphatic carboxylic acids is 3. The Kier molecular flexibility index (Phi) is 11.1. The van der Waals surface area contributed by atoms with Gasteiger partial charge in [0.05, 0.1) is 26.2 Å². The van der Waals surface area contributed by atoms with Crippen LogP contribution < -0.4 is 5.32 Å². The highest BCUT2D eigenvalue weighted by molar-refractivity contribution is 5.79. The van der Waals surface area contributed by atoms with Crippen LogP contribution in [-0.4, -0.2) is 94.7 Å². The second kappa shape index (κ2) is 12.2. The minimum atomic E-state index is -1.18. The Morgan fingerprint density at radius 1 is 0.800 bits per heavy atom. The zero-order valence-corrected chi connectivity index (χ0v) is 14.6. The largest absolute Gasteiger partial charge is 0.480 e. The maximum atomic E-state index is 11.9. The summed E-state index contributed by atoms with van der Waals surface area (Å²) in [7, 11) is 0. The molecule has 0 saturated heterocycles. The number of amides is 1. The van der Waals surface area contributed by atoms with Gasteiger partial charge in [-0.25, -0.2) is 0 Å². The van der Waals surface area contributed by atoms with E-state index in [1.807, 2.05) is 13.8 Å². The molecule has 0 atom stereocenters. The highest BCUT2D eigenvalue weighted by Crippen LogP contribution is 1.97. The first-order valence-corrected chi connectivity index (χ1v) is 7.97. The van der Waals surface area contributed by atoms with Crippen molar-refractivity contribution in [2.75, 3.05) is 45.8 Å². The first-order chi connectivity index (χ1) is 11.6. The normalized spacial score (nSPS) is 11.1. The van der Waals surface area contributed by atoms with Crippen molar-refractivity contribution in [1.29, 1.82) is 0 Å². The van der Waals surface area contributed by atoms with Gasteiger partial charge in [-0.05, 0) is 12.3 Å². The molecule has 0 bridgehead atoms. The van der Waals surface area contributed by atoms with Crippen LogP contribution in [0.4, 0.5) is 0 Å². The van der Waals surface area contributed by atoms with Crippen molar-refractivity contribution < 1.29 is 34.5 Å². The van der Waals surface area contributed by atoms with Crippen LogP contribution in [0.15, 0.2) is 0 Å². The van der Waals surface area contributed by atoms with E-state index in [-0.39, 0.29) is 25.5 Å². The van der Waals surface area contributed by atoms with Crippen LogP contribution in [0.3, 0.4) is 0 Å². The van der Waals surface area contributed by atoms with Gasteiger partial charge in [0.2, 0.25) is 5.91 Å². The average Bonchev–Trinajstić information content (AvgIpc) is 2.42. The number of carbonyl (C=O) groups is 4. The van der Waals surface area contributed by atoms with E-state index >= 15 is 0 Å². The molecular weight excluding hydrogens is 334 g/mol. The van der Waals surface area contributed by atoms with Gasteiger partial charge in [0.1, 0.15) is 0 Å². The van der Waals surface area contributed by atoms with Gasteiger partial charge in [-0.1, -0.05) is 13.8 Å². The van der Waals surface area contributed by atoms with Gasteiger partial charge in [0.25, 0.3) is 0 Å². The molecule has 0 aliphatic rings. The summed E-state index contributed by atoms with van der Waals surface area (Å²) in [6.07, 6.45) is 0.801. The van der Waals surface area contributed by atoms with E-state index in [0.717, 1.165) is 11.3 Å². The Balaban J connectivity index is 4.57. The van der Waals surface area contributed by atoms with E-state index in [2.05, 4.69) is 5.32 Å². The summed E-state index contributed by atoms with van der Waals surface area (Å²) in [6, 6.07) is 0. The van der Waals surface area contributed by atoms with Gasteiger partial charge < -0.3 is 20.6 Å². The molecular formula is C15H27N3O7. The Morgan fingerprint density at radius 2 is 1.20 bits per heavy atom. The number of nitrogens with one attached hydrogen (secondary N) is 1. The van der Waals surface area contributed by atoms with Crippen molar-refractivity contribution in [3.63, 3.8) is 0 Å². The van der Waals surface area contributed by atoms with Crippen LogP contribution in [-0.2, 0) is 19.2 Å². The number of hydrogen-bond donors (Lipinski definition) is 4. The Morgan fingerprint density at radius 3 is 1.56 bits per heavy atom. The van der Waals surface area contributed by atoms with Crippen LogP contribution in [0.5, 0.6) is 0 Å². The monoisotopic (exact) mass is 361 g/mol. The molecule has 0 spiro atoms. The molecule has 0 unspecified atom stereocenters.